The maximum Gasteiger partial charge on any atom is 0.137 e. The van der Waals surface area contributed by atoms with Crippen LogP contribution in [0.15, 0.2) is 18.6 Å². The van der Waals surface area contributed by atoms with Crippen molar-refractivity contribution in [3.63, 3.8) is 0 Å². The summed E-state index contributed by atoms with van der Waals surface area (Å²) in [6.07, 6.45) is 6.27. The van der Waals surface area contributed by atoms with E-state index in [1.165, 1.54) is 12.8 Å². The van der Waals surface area contributed by atoms with E-state index in [2.05, 4.69) is 37.8 Å². The van der Waals surface area contributed by atoms with Crippen molar-refractivity contribution in [3.05, 3.63) is 30.1 Å². The van der Waals surface area contributed by atoms with E-state index in [4.69, 9.17) is 0 Å². The lowest BCUT2D eigenvalue weighted by atomic mass is 9.97. The highest BCUT2D eigenvalue weighted by Gasteiger charge is 2.25. The smallest absolute Gasteiger partial charge is 0.137 e. The Balaban J connectivity index is 1.67. The summed E-state index contributed by atoms with van der Waals surface area (Å²) in [6.45, 7) is 6.21. The number of hydrogen-bond donors (Lipinski definition) is 0. The fourth-order valence-corrected chi connectivity index (χ4v) is 3.01. The Bertz CT molecular complexity index is 558. The molecule has 0 spiro atoms. The van der Waals surface area contributed by atoms with Gasteiger partial charge < -0.3 is 4.57 Å². The highest BCUT2D eigenvalue weighted by atomic mass is 15.3. The number of aromatic nitrogens is 5. The first-order valence-electron chi connectivity index (χ1n) is 7.35. The maximum absolute atomic E-state index is 4.47. The molecule has 3 heterocycles. The number of hydrogen-bond acceptors (Lipinski definition) is 4. The predicted molar refractivity (Wildman–Crippen MR) is 76.2 cm³/mol. The van der Waals surface area contributed by atoms with Crippen LogP contribution in [-0.2, 0) is 20.1 Å². The minimum atomic E-state index is 0.495. The molecule has 6 heteroatoms. The van der Waals surface area contributed by atoms with Gasteiger partial charge in [0.15, 0.2) is 0 Å². The van der Waals surface area contributed by atoms with Crippen LogP contribution in [0, 0.1) is 0 Å². The third-order valence-electron chi connectivity index (χ3n) is 4.01. The van der Waals surface area contributed by atoms with Crippen molar-refractivity contribution in [1.82, 2.24) is 29.4 Å². The normalized spacial score (nSPS) is 20.4. The fourth-order valence-electron chi connectivity index (χ4n) is 3.01. The van der Waals surface area contributed by atoms with Gasteiger partial charge in [-0.3, -0.25) is 9.58 Å². The lowest BCUT2D eigenvalue weighted by Crippen LogP contribution is -2.35. The van der Waals surface area contributed by atoms with E-state index in [0.29, 0.717) is 5.92 Å². The molecule has 0 amide bonds. The largest absolute Gasteiger partial charge is 0.318 e. The second kappa shape index (κ2) is 5.75. The standard InChI is InChI=1S/C14H22N6/c1-3-20-11-15-16-14(20)12-5-4-7-19(9-12)10-13-6-8-18(2)17-13/h6,8,11-12H,3-5,7,9-10H2,1-2H3. The van der Waals surface area contributed by atoms with E-state index in [-0.39, 0.29) is 0 Å². The van der Waals surface area contributed by atoms with E-state index in [1.807, 2.05) is 24.3 Å². The van der Waals surface area contributed by atoms with Crippen molar-refractivity contribution < 1.29 is 0 Å². The molecule has 2 aromatic rings. The molecule has 0 radical (unpaired) electrons. The first kappa shape index (κ1) is 13.3. The number of nitrogens with zero attached hydrogens (tertiary/aromatic N) is 6. The molecule has 2 aromatic heterocycles. The Hall–Kier alpha value is -1.69. The van der Waals surface area contributed by atoms with Crippen molar-refractivity contribution in [2.45, 2.75) is 38.8 Å². The molecule has 20 heavy (non-hydrogen) atoms. The molecule has 0 aromatic carbocycles. The lowest BCUT2D eigenvalue weighted by molar-refractivity contribution is 0.192. The summed E-state index contributed by atoms with van der Waals surface area (Å²) in [6, 6.07) is 2.10. The molecule has 3 rings (SSSR count). The van der Waals surface area contributed by atoms with Gasteiger partial charge in [0.25, 0.3) is 0 Å². The first-order chi connectivity index (χ1) is 9.76. The molecule has 1 fully saturated rings. The summed E-state index contributed by atoms with van der Waals surface area (Å²) in [7, 11) is 1.96. The van der Waals surface area contributed by atoms with Crippen LogP contribution in [0.25, 0.3) is 0 Å². The van der Waals surface area contributed by atoms with Crippen LogP contribution in [0.4, 0.5) is 0 Å². The molecular formula is C14H22N6. The van der Waals surface area contributed by atoms with Gasteiger partial charge in [0, 0.05) is 38.8 Å². The third-order valence-corrected chi connectivity index (χ3v) is 4.01. The molecule has 0 N–H and O–H groups in total. The van der Waals surface area contributed by atoms with E-state index in [9.17, 15) is 0 Å². The Kier molecular flexibility index (Phi) is 3.82. The lowest BCUT2D eigenvalue weighted by Gasteiger charge is -2.31. The summed E-state index contributed by atoms with van der Waals surface area (Å²) >= 11 is 0. The van der Waals surface area contributed by atoms with Gasteiger partial charge in [-0.2, -0.15) is 5.10 Å². The topological polar surface area (TPSA) is 51.8 Å². The monoisotopic (exact) mass is 274 g/mol. The zero-order valence-electron chi connectivity index (χ0n) is 12.2. The van der Waals surface area contributed by atoms with E-state index < -0.39 is 0 Å². The Morgan fingerprint density at radius 2 is 2.30 bits per heavy atom. The Labute approximate surface area is 119 Å². The fraction of sp³-hybridized carbons (Fsp3) is 0.643. The van der Waals surface area contributed by atoms with Crippen molar-refractivity contribution in [1.29, 1.82) is 0 Å². The summed E-state index contributed by atoms with van der Waals surface area (Å²) < 4.78 is 4.03. The van der Waals surface area contributed by atoms with Crippen LogP contribution in [0.2, 0.25) is 0 Å². The minimum absolute atomic E-state index is 0.495. The highest BCUT2D eigenvalue weighted by molar-refractivity contribution is 5.03. The number of likely N-dealkylation sites (tertiary alicyclic amines) is 1. The maximum atomic E-state index is 4.47. The van der Waals surface area contributed by atoms with E-state index in [0.717, 1.165) is 37.7 Å². The molecular weight excluding hydrogens is 252 g/mol. The zero-order chi connectivity index (χ0) is 13.9. The van der Waals surface area contributed by atoms with E-state index >= 15 is 0 Å². The molecule has 1 saturated heterocycles. The van der Waals surface area contributed by atoms with Gasteiger partial charge in [0.1, 0.15) is 12.2 Å². The second-order valence-corrected chi connectivity index (χ2v) is 5.53. The van der Waals surface area contributed by atoms with Crippen LogP contribution in [0.3, 0.4) is 0 Å². The van der Waals surface area contributed by atoms with Gasteiger partial charge >= 0.3 is 0 Å². The molecule has 6 nitrogen and oxygen atoms in total. The first-order valence-corrected chi connectivity index (χ1v) is 7.35. The van der Waals surface area contributed by atoms with Crippen molar-refractivity contribution in [2.75, 3.05) is 13.1 Å². The molecule has 0 saturated carbocycles. The second-order valence-electron chi connectivity index (χ2n) is 5.53. The number of aryl methyl sites for hydroxylation is 2. The van der Waals surface area contributed by atoms with Gasteiger partial charge in [-0.25, -0.2) is 0 Å². The van der Waals surface area contributed by atoms with Crippen molar-refractivity contribution in [3.8, 4) is 0 Å². The van der Waals surface area contributed by atoms with Crippen LogP contribution in [0.5, 0.6) is 0 Å². The van der Waals surface area contributed by atoms with E-state index in [1.54, 1.807) is 0 Å². The summed E-state index contributed by atoms with van der Waals surface area (Å²) in [5.41, 5.74) is 1.14. The molecule has 1 aliphatic heterocycles. The van der Waals surface area contributed by atoms with Crippen molar-refractivity contribution >= 4 is 0 Å². The SMILES string of the molecule is CCn1cnnc1C1CCCN(Cc2ccn(C)n2)C1. The average Bonchev–Trinajstić information content (AvgIpc) is 3.08. The van der Waals surface area contributed by atoms with Gasteiger partial charge in [0.2, 0.25) is 0 Å². The van der Waals surface area contributed by atoms with Crippen LogP contribution < -0.4 is 0 Å². The molecule has 0 aliphatic carbocycles. The number of rotatable bonds is 4. The molecule has 1 unspecified atom stereocenters. The zero-order valence-corrected chi connectivity index (χ0v) is 12.2. The molecule has 1 aliphatic rings. The van der Waals surface area contributed by atoms with Crippen molar-refractivity contribution in [2.24, 2.45) is 7.05 Å². The summed E-state index contributed by atoms with van der Waals surface area (Å²) in [5, 5.41) is 12.9. The summed E-state index contributed by atoms with van der Waals surface area (Å²) in [5.74, 6) is 1.63. The Morgan fingerprint density at radius 3 is 3.05 bits per heavy atom. The van der Waals surface area contributed by atoms with Gasteiger partial charge in [-0.15, -0.1) is 10.2 Å². The van der Waals surface area contributed by atoms with Crippen LogP contribution >= 0.6 is 0 Å². The quantitative estimate of drug-likeness (QED) is 0.846. The Morgan fingerprint density at radius 1 is 1.40 bits per heavy atom. The molecule has 0 bridgehead atoms. The van der Waals surface area contributed by atoms with Gasteiger partial charge in [-0.1, -0.05) is 0 Å². The van der Waals surface area contributed by atoms with Gasteiger partial charge in [0.05, 0.1) is 5.69 Å². The number of piperidine rings is 1. The predicted octanol–water partition coefficient (Wildman–Crippen LogP) is 1.41. The minimum Gasteiger partial charge on any atom is -0.318 e. The van der Waals surface area contributed by atoms with Gasteiger partial charge in [-0.05, 0) is 32.4 Å². The van der Waals surface area contributed by atoms with Crippen LogP contribution in [-0.4, -0.2) is 42.5 Å². The summed E-state index contributed by atoms with van der Waals surface area (Å²) in [4.78, 5) is 2.48. The third kappa shape index (κ3) is 2.75. The highest BCUT2D eigenvalue weighted by Crippen LogP contribution is 2.26. The average molecular weight is 274 g/mol. The van der Waals surface area contributed by atoms with Crippen LogP contribution in [0.1, 0.15) is 37.2 Å². The molecule has 108 valence electrons. The molecule has 1 atom stereocenters.